The number of aromatic nitrogens is 6. The fourth-order valence-electron chi connectivity index (χ4n) is 3.73. The predicted octanol–water partition coefficient (Wildman–Crippen LogP) is 3.14. The number of para-hydroxylation sites is 2. The van der Waals surface area contributed by atoms with Crippen LogP contribution in [0.3, 0.4) is 0 Å². The summed E-state index contributed by atoms with van der Waals surface area (Å²) in [7, 11) is 0. The Kier molecular flexibility index (Phi) is 8.03. The highest BCUT2D eigenvalue weighted by Gasteiger charge is 2.13. The Bertz CT molecular complexity index is 1300. The van der Waals surface area contributed by atoms with Crippen LogP contribution in [0, 0.1) is 0 Å². The molecule has 0 bridgehead atoms. The summed E-state index contributed by atoms with van der Waals surface area (Å²) in [6.45, 7) is 0.560. The zero-order valence-electron chi connectivity index (χ0n) is 18.8. The van der Waals surface area contributed by atoms with Gasteiger partial charge >= 0.3 is 0 Å². The number of thioether (sulfide) groups is 1. The second-order valence-electron chi connectivity index (χ2n) is 7.94. The van der Waals surface area contributed by atoms with Crippen LogP contribution in [0.5, 0.6) is 0 Å². The van der Waals surface area contributed by atoms with E-state index in [4.69, 9.17) is 10.7 Å². The average Bonchev–Trinajstić information content (AvgIpc) is 3.32. The number of amides is 1. The van der Waals surface area contributed by atoms with E-state index in [9.17, 15) is 9.59 Å². The van der Waals surface area contributed by atoms with Crippen LogP contribution in [-0.4, -0.2) is 41.4 Å². The highest BCUT2D eigenvalue weighted by molar-refractivity contribution is 7.99. The van der Waals surface area contributed by atoms with Crippen LogP contribution in [0.4, 0.5) is 0 Å². The van der Waals surface area contributed by atoms with E-state index >= 15 is 0 Å². The Morgan fingerprint density at radius 2 is 1.76 bits per heavy atom. The molecule has 4 aromatic rings. The van der Waals surface area contributed by atoms with Crippen molar-refractivity contribution in [1.82, 2.24) is 29.8 Å². The minimum atomic E-state index is -0.293. The summed E-state index contributed by atoms with van der Waals surface area (Å²) >= 11 is 1.57. The highest BCUT2D eigenvalue weighted by Crippen LogP contribution is 2.20. The van der Waals surface area contributed by atoms with E-state index < -0.39 is 0 Å². The van der Waals surface area contributed by atoms with Gasteiger partial charge in [0.25, 0.3) is 5.56 Å². The van der Waals surface area contributed by atoms with Gasteiger partial charge in [-0.3, -0.25) is 14.2 Å². The normalized spacial score (nSPS) is 11.2. The number of hydrogen-bond acceptors (Lipinski definition) is 7. The Hall–Kier alpha value is -3.53. The lowest BCUT2D eigenvalue weighted by Gasteiger charge is -2.13. The molecule has 0 aliphatic rings. The molecule has 2 N–H and O–H groups in total. The van der Waals surface area contributed by atoms with E-state index in [1.54, 1.807) is 21.0 Å². The van der Waals surface area contributed by atoms with Crippen LogP contribution in [0.25, 0.3) is 16.6 Å². The maximum Gasteiger partial charge on any atom is 0.262 e. The minimum Gasteiger partial charge on any atom is -0.370 e. The molecule has 9 nitrogen and oxygen atoms in total. The lowest BCUT2D eigenvalue weighted by atomic mass is 10.2. The predicted molar refractivity (Wildman–Crippen MR) is 132 cm³/mol. The van der Waals surface area contributed by atoms with Crippen molar-refractivity contribution in [3.8, 4) is 5.69 Å². The number of unbranched alkanes of at least 4 members (excludes halogenated alkanes) is 2. The molecule has 1 amide bonds. The van der Waals surface area contributed by atoms with Gasteiger partial charge in [-0.15, -0.1) is 5.10 Å². The van der Waals surface area contributed by atoms with Crippen LogP contribution in [0.1, 0.15) is 37.9 Å². The van der Waals surface area contributed by atoms with Gasteiger partial charge in [-0.2, -0.15) is 4.68 Å². The number of nitrogens with two attached hydrogens (primary N) is 1. The third-order valence-corrected chi connectivity index (χ3v) is 6.50. The van der Waals surface area contributed by atoms with Crippen LogP contribution < -0.4 is 11.3 Å². The Morgan fingerprint density at radius 1 is 0.971 bits per heavy atom. The Morgan fingerprint density at radius 3 is 2.59 bits per heavy atom. The molecule has 2 aromatic heterocycles. The van der Waals surface area contributed by atoms with E-state index in [1.807, 2.05) is 54.6 Å². The molecule has 4 rings (SSSR count). The van der Waals surface area contributed by atoms with Crippen molar-refractivity contribution in [2.24, 2.45) is 5.73 Å². The zero-order chi connectivity index (χ0) is 23.8. The number of tetrazole rings is 1. The molecule has 0 spiro atoms. The SMILES string of the molecule is NC(=O)CCCCCn1c(SCCCc2nnnn2-c2ccccc2)nc2ccccc2c1=O. The second kappa shape index (κ2) is 11.6. The summed E-state index contributed by atoms with van der Waals surface area (Å²) in [5.41, 5.74) is 6.82. The summed E-state index contributed by atoms with van der Waals surface area (Å²) in [4.78, 5) is 28.9. The number of rotatable bonds is 12. The minimum absolute atomic E-state index is 0.0315. The van der Waals surface area contributed by atoms with Crippen molar-refractivity contribution in [3.05, 3.63) is 70.8 Å². The first-order valence-corrected chi connectivity index (χ1v) is 12.4. The van der Waals surface area contributed by atoms with Gasteiger partial charge in [0, 0.05) is 25.1 Å². The van der Waals surface area contributed by atoms with Crippen LogP contribution in [0.15, 0.2) is 64.5 Å². The van der Waals surface area contributed by atoms with E-state index in [-0.39, 0.29) is 11.5 Å². The fraction of sp³-hybridized carbons (Fsp3) is 0.333. The van der Waals surface area contributed by atoms with Crippen molar-refractivity contribution in [3.63, 3.8) is 0 Å². The molecule has 0 unspecified atom stereocenters. The third kappa shape index (κ3) is 5.88. The van der Waals surface area contributed by atoms with Gasteiger partial charge in [0.05, 0.1) is 16.6 Å². The quantitative estimate of drug-likeness (QED) is 0.189. The van der Waals surface area contributed by atoms with Gasteiger partial charge in [-0.25, -0.2) is 4.98 Å². The molecule has 0 saturated carbocycles. The number of hydrogen-bond donors (Lipinski definition) is 1. The maximum absolute atomic E-state index is 13.1. The van der Waals surface area contributed by atoms with E-state index in [1.165, 1.54) is 0 Å². The monoisotopic (exact) mass is 477 g/mol. The van der Waals surface area contributed by atoms with Gasteiger partial charge in [-0.1, -0.05) is 48.5 Å². The first-order valence-electron chi connectivity index (χ1n) is 11.4. The fourth-order valence-corrected chi connectivity index (χ4v) is 4.69. The largest absolute Gasteiger partial charge is 0.370 e. The number of aryl methyl sites for hydroxylation is 1. The molecule has 10 heteroatoms. The van der Waals surface area contributed by atoms with E-state index in [2.05, 4.69) is 15.5 Å². The van der Waals surface area contributed by atoms with Gasteiger partial charge in [0.1, 0.15) is 0 Å². The molecule has 0 fully saturated rings. The number of primary amides is 1. The van der Waals surface area contributed by atoms with Gasteiger partial charge in [0.2, 0.25) is 5.91 Å². The van der Waals surface area contributed by atoms with Crippen molar-refractivity contribution in [1.29, 1.82) is 0 Å². The lowest BCUT2D eigenvalue weighted by Crippen LogP contribution is -2.23. The van der Waals surface area contributed by atoms with Crippen LogP contribution in [-0.2, 0) is 17.8 Å². The smallest absolute Gasteiger partial charge is 0.262 e. The summed E-state index contributed by atoms with van der Waals surface area (Å²) in [5.74, 6) is 1.28. The first kappa shape index (κ1) is 23.6. The molecule has 34 heavy (non-hydrogen) atoms. The lowest BCUT2D eigenvalue weighted by molar-refractivity contribution is -0.118. The van der Waals surface area contributed by atoms with E-state index in [0.717, 1.165) is 42.9 Å². The number of nitrogens with zero attached hydrogens (tertiary/aromatic N) is 6. The maximum atomic E-state index is 13.1. The van der Waals surface area contributed by atoms with Crippen molar-refractivity contribution < 1.29 is 4.79 Å². The second-order valence-corrected chi connectivity index (χ2v) is 9.00. The van der Waals surface area contributed by atoms with Gasteiger partial charge < -0.3 is 5.73 Å². The van der Waals surface area contributed by atoms with E-state index in [0.29, 0.717) is 35.4 Å². The molecule has 0 aliphatic carbocycles. The molecular formula is C24H27N7O2S. The van der Waals surface area contributed by atoms with Crippen LogP contribution >= 0.6 is 11.8 Å². The van der Waals surface area contributed by atoms with Crippen molar-refractivity contribution in [2.45, 2.75) is 50.2 Å². The molecule has 176 valence electrons. The molecule has 2 aromatic carbocycles. The standard InChI is InChI=1S/C24H27N7O2S/c25-21(32)14-5-2-8-16-30-23(33)19-12-6-7-13-20(19)26-24(30)34-17-9-15-22-27-28-29-31(22)18-10-3-1-4-11-18/h1,3-4,6-7,10-13H,2,5,8-9,14-17H2,(H2,25,32). The Labute approximate surface area is 201 Å². The van der Waals surface area contributed by atoms with Crippen molar-refractivity contribution >= 4 is 28.6 Å². The van der Waals surface area contributed by atoms with Gasteiger partial charge in [0.15, 0.2) is 11.0 Å². The summed E-state index contributed by atoms with van der Waals surface area (Å²) in [5, 5.41) is 13.4. The molecule has 0 saturated heterocycles. The molecular weight excluding hydrogens is 450 g/mol. The molecule has 2 heterocycles. The topological polar surface area (TPSA) is 122 Å². The first-order chi connectivity index (χ1) is 16.6. The molecule has 0 aliphatic heterocycles. The average molecular weight is 478 g/mol. The molecule has 0 radical (unpaired) electrons. The van der Waals surface area contributed by atoms with Gasteiger partial charge in [-0.05, 0) is 54.0 Å². The number of carbonyl (C=O) groups excluding carboxylic acids is 1. The third-order valence-electron chi connectivity index (χ3n) is 5.44. The molecule has 0 atom stereocenters. The van der Waals surface area contributed by atoms with Crippen molar-refractivity contribution in [2.75, 3.05) is 5.75 Å². The number of fused-ring (bicyclic) bond motifs is 1. The summed E-state index contributed by atoms with van der Waals surface area (Å²) in [6, 6.07) is 17.2. The zero-order valence-corrected chi connectivity index (χ0v) is 19.7. The number of carbonyl (C=O) groups is 1. The Balaban J connectivity index is 1.42. The van der Waals surface area contributed by atoms with Crippen LogP contribution in [0.2, 0.25) is 0 Å². The summed E-state index contributed by atoms with van der Waals surface area (Å²) < 4.78 is 3.51. The summed E-state index contributed by atoms with van der Waals surface area (Å²) in [6.07, 6.45) is 4.25. The highest BCUT2D eigenvalue weighted by atomic mass is 32.2. The number of benzene rings is 2.